The largest absolute Gasteiger partial charge is 0.228 e. The van der Waals surface area contributed by atoms with Gasteiger partial charge in [0.2, 0.25) is 0 Å². The van der Waals surface area contributed by atoms with E-state index in [2.05, 4.69) is 176 Å². The molecule has 0 aliphatic rings. The van der Waals surface area contributed by atoms with Crippen LogP contribution in [0.5, 0.6) is 0 Å². The Hall–Kier alpha value is -6.64. The number of hydrogen-bond donors (Lipinski definition) is 0. The SMILES string of the molecule is c1ccc(-c2nc(-c3ccccc3-c3c4ccccc4cc4c3ccc3ccccc34)cc(-c3cccc4ccc5ccccc5c34)n2)cc1. The summed E-state index contributed by atoms with van der Waals surface area (Å²) in [4.78, 5) is 10.6. The van der Waals surface area contributed by atoms with E-state index < -0.39 is 0 Å². The van der Waals surface area contributed by atoms with Crippen LogP contribution in [0, 0.1) is 0 Å². The molecule has 0 N–H and O–H groups in total. The van der Waals surface area contributed by atoms with Crippen molar-refractivity contribution in [2.45, 2.75) is 0 Å². The van der Waals surface area contributed by atoms with Gasteiger partial charge >= 0.3 is 0 Å². The van der Waals surface area contributed by atoms with Crippen molar-refractivity contribution in [3.63, 3.8) is 0 Å². The van der Waals surface area contributed by atoms with Crippen molar-refractivity contribution in [1.29, 1.82) is 0 Å². The fourth-order valence-electron chi connectivity index (χ4n) is 7.75. The molecule has 0 saturated heterocycles. The molecule has 2 nitrogen and oxygen atoms in total. The second kappa shape index (κ2) is 11.5. The standard InChI is InChI=1S/C48H30N2/c1-2-15-34(16-3-1)48-49-44(30-45(50-48)42-24-12-18-33-26-25-32-14-5-8-20-37(32)46(33)42)39-22-10-11-23-40(39)47-38-21-9-6-17-35(38)29-43-36-19-7-4-13-31(36)27-28-41(43)47/h1-30H. The Morgan fingerprint density at radius 3 is 1.68 bits per heavy atom. The van der Waals surface area contributed by atoms with Gasteiger partial charge in [-0.15, -0.1) is 0 Å². The van der Waals surface area contributed by atoms with E-state index in [0.717, 1.165) is 33.6 Å². The van der Waals surface area contributed by atoms with Crippen LogP contribution in [0.3, 0.4) is 0 Å². The topological polar surface area (TPSA) is 25.8 Å². The van der Waals surface area contributed by atoms with Crippen LogP contribution < -0.4 is 0 Å². The number of hydrogen-bond acceptors (Lipinski definition) is 2. The molecule has 0 fully saturated rings. The van der Waals surface area contributed by atoms with Gasteiger partial charge in [-0.05, 0) is 77.1 Å². The average Bonchev–Trinajstić information content (AvgIpc) is 3.19. The first kappa shape index (κ1) is 28.4. The van der Waals surface area contributed by atoms with E-state index >= 15 is 0 Å². The van der Waals surface area contributed by atoms with Crippen LogP contribution in [0.15, 0.2) is 182 Å². The van der Waals surface area contributed by atoms with Crippen molar-refractivity contribution in [3.8, 4) is 45.0 Å². The summed E-state index contributed by atoms with van der Waals surface area (Å²) in [5.41, 5.74) is 7.32. The lowest BCUT2D eigenvalue weighted by Gasteiger charge is -2.18. The van der Waals surface area contributed by atoms with Crippen molar-refractivity contribution >= 4 is 53.9 Å². The van der Waals surface area contributed by atoms with Gasteiger partial charge in [-0.1, -0.05) is 170 Å². The predicted octanol–water partition coefficient (Wildman–Crippen LogP) is 12.9. The van der Waals surface area contributed by atoms with Crippen LogP contribution in [0.2, 0.25) is 0 Å². The first-order valence-electron chi connectivity index (χ1n) is 17.1. The highest BCUT2D eigenvalue weighted by molar-refractivity contribution is 6.21. The molecule has 10 rings (SSSR count). The zero-order chi connectivity index (χ0) is 33.0. The fraction of sp³-hybridized carbons (Fsp3) is 0. The molecule has 0 radical (unpaired) electrons. The molecule has 0 saturated carbocycles. The molecule has 0 bridgehead atoms. The van der Waals surface area contributed by atoms with Gasteiger partial charge in [0.05, 0.1) is 11.4 Å². The van der Waals surface area contributed by atoms with Crippen LogP contribution in [-0.2, 0) is 0 Å². The molecule has 9 aromatic carbocycles. The van der Waals surface area contributed by atoms with Crippen molar-refractivity contribution in [1.82, 2.24) is 9.97 Å². The highest BCUT2D eigenvalue weighted by Crippen LogP contribution is 2.44. The van der Waals surface area contributed by atoms with Crippen LogP contribution >= 0.6 is 0 Å². The molecule has 50 heavy (non-hydrogen) atoms. The van der Waals surface area contributed by atoms with Crippen LogP contribution in [0.1, 0.15) is 0 Å². The van der Waals surface area contributed by atoms with Gasteiger partial charge in [0, 0.05) is 16.7 Å². The Bertz CT molecular complexity index is 2920. The molecule has 0 aliphatic heterocycles. The number of benzene rings is 9. The summed E-state index contributed by atoms with van der Waals surface area (Å²) < 4.78 is 0. The molecule has 0 atom stereocenters. The lowest BCUT2D eigenvalue weighted by molar-refractivity contribution is 1.19. The molecular weight excluding hydrogens is 605 g/mol. The first-order chi connectivity index (χ1) is 24.8. The minimum atomic E-state index is 0.707. The number of rotatable bonds is 4. The van der Waals surface area contributed by atoms with E-state index in [1.807, 2.05) is 6.07 Å². The van der Waals surface area contributed by atoms with Crippen molar-refractivity contribution in [2.75, 3.05) is 0 Å². The van der Waals surface area contributed by atoms with Gasteiger partial charge in [-0.3, -0.25) is 0 Å². The maximum Gasteiger partial charge on any atom is 0.160 e. The van der Waals surface area contributed by atoms with Crippen molar-refractivity contribution in [2.24, 2.45) is 0 Å². The monoisotopic (exact) mass is 634 g/mol. The number of nitrogens with zero attached hydrogens (tertiary/aromatic N) is 2. The number of fused-ring (bicyclic) bond motifs is 7. The fourth-order valence-corrected chi connectivity index (χ4v) is 7.75. The molecule has 0 amide bonds. The third-order valence-corrected chi connectivity index (χ3v) is 10.0. The summed E-state index contributed by atoms with van der Waals surface area (Å²) in [5.74, 6) is 0.707. The minimum absolute atomic E-state index is 0.707. The van der Waals surface area contributed by atoms with Crippen molar-refractivity contribution in [3.05, 3.63) is 182 Å². The Morgan fingerprint density at radius 2 is 0.860 bits per heavy atom. The number of aromatic nitrogens is 2. The zero-order valence-corrected chi connectivity index (χ0v) is 27.2. The van der Waals surface area contributed by atoms with Gasteiger partial charge in [0.1, 0.15) is 0 Å². The maximum atomic E-state index is 5.33. The van der Waals surface area contributed by atoms with E-state index in [1.54, 1.807) is 0 Å². The lowest BCUT2D eigenvalue weighted by Crippen LogP contribution is -1.98. The Labute approximate surface area is 290 Å². The maximum absolute atomic E-state index is 5.33. The third-order valence-electron chi connectivity index (χ3n) is 10.0. The molecule has 0 unspecified atom stereocenters. The third kappa shape index (κ3) is 4.57. The van der Waals surface area contributed by atoms with Gasteiger partial charge in [0.25, 0.3) is 0 Å². The van der Waals surface area contributed by atoms with Gasteiger partial charge < -0.3 is 0 Å². The Kier molecular flexibility index (Phi) is 6.53. The molecule has 10 aromatic rings. The average molecular weight is 635 g/mol. The lowest BCUT2D eigenvalue weighted by atomic mass is 9.87. The molecule has 1 aromatic heterocycles. The first-order valence-corrected chi connectivity index (χ1v) is 17.1. The zero-order valence-electron chi connectivity index (χ0n) is 27.2. The molecule has 0 spiro atoms. The Balaban J connectivity index is 1.29. The van der Waals surface area contributed by atoms with Gasteiger partial charge in [-0.2, -0.15) is 0 Å². The molecule has 0 aliphatic carbocycles. The Morgan fingerprint density at radius 1 is 0.300 bits per heavy atom. The highest BCUT2D eigenvalue weighted by atomic mass is 14.9. The van der Waals surface area contributed by atoms with E-state index in [0.29, 0.717) is 5.82 Å². The summed E-state index contributed by atoms with van der Waals surface area (Å²) >= 11 is 0. The quantitative estimate of drug-likeness (QED) is 0.142. The van der Waals surface area contributed by atoms with E-state index in [-0.39, 0.29) is 0 Å². The van der Waals surface area contributed by atoms with Crippen LogP contribution in [-0.4, -0.2) is 9.97 Å². The predicted molar refractivity (Wildman–Crippen MR) is 211 cm³/mol. The van der Waals surface area contributed by atoms with Crippen LogP contribution in [0.25, 0.3) is 98.9 Å². The van der Waals surface area contributed by atoms with Gasteiger partial charge in [0.15, 0.2) is 5.82 Å². The molecular formula is C48H30N2. The van der Waals surface area contributed by atoms with E-state index in [9.17, 15) is 0 Å². The van der Waals surface area contributed by atoms with Crippen LogP contribution in [0.4, 0.5) is 0 Å². The normalized spacial score (nSPS) is 11.6. The molecule has 2 heteroatoms. The minimum Gasteiger partial charge on any atom is -0.228 e. The summed E-state index contributed by atoms with van der Waals surface area (Å²) in [6.07, 6.45) is 0. The highest BCUT2D eigenvalue weighted by Gasteiger charge is 2.19. The van der Waals surface area contributed by atoms with Crippen molar-refractivity contribution < 1.29 is 0 Å². The summed E-state index contributed by atoms with van der Waals surface area (Å²) in [7, 11) is 0. The molecule has 1 heterocycles. The summed E-state index contributed by atoms with van der Waals surface area (Å²) in [6, 6.07) is 65.1. The second-order valence-electron chi connectivity index (χ2n) is 12.9. The summed E-state index contributed by atoms with van der Waals surface area (Å²) in [6.45, 7) is 0. The second-order valence-corrected chi connectivity index (χ2v) is 12.9. The van der Waals surface area contributed by atoms with E-state index in [4.69, 9.17) is 9.97 Å². The summed E-state index contributed by atoms with van der Waals surface area (Å²) in [5, 5.41) is 12.3. The van der Waals surface area contributed by atoms with Gasteiger partial charge in [-0.25, -0.2) is 9.97 Å². The van der Waals surface area contributed by atoms with E-state index in [1.165, 1.54) is 59.4 Å². The molecule has 232 valence electrons. The smallest absolute Gasteiger partial charge is 0.160 e.